The Kier molecular flexibility index (Phi) is 4.94. The van der Waals surface area contributed by atoms with E-state index in [9.17, 15) is 5.11 Å². The molecule has 0 aromatic heterocycles. The van der Waals surface area contributed by atoms with Gasteiger partial charge in [0.2, 0.25) is 0 Å². The zero-order valence-corrected chi connectivity index (χ0v) is 12.4. The summed E-state index contributed by atoms with van der Waals surface area (Å²) in [5.41, 5.74) is 2.70. The van der Waals surface area contributed by atoms with Crippen molar-refractivity contribution in [2.75, 3.05) is 19.7 Å². The zero-order chi connectivity index (χ0) is 13.8. The fraction of sp³-hybridized carbons (Fsp3) is 0.625. The van der Waals surface area contributed by atoms with Crippen molar-refractivity contribution in [2.45, 2.75) is 40.0 Å². The number of hydrogen-bond donors (Lipinski definition) is 2. The summed E-state index contributed by atoms with van der Waals surface area (Å²) in [4.78, 5) is 0. The van der Waals surface area contributed by atoms with Gasteiger partial charge in [-0.25, -0.2) is 0 Å². The summed E-state index contributed by atoms with van der Waals surface area (Å²) in [6, 6.07) is 8.73. The summed E-state index contributed by atoms with van der Waals surface area (Å²) in [5.74, 6) is 0. The minimum absolute atomic E-state index is 0.0522. The Morgan fingerprint density at radius 1 is 1.00 bits per heavy atom. The van der Waals surface area contributed by atoms with Gasteiger partial charge in [-0.1, -0.05) is 57.5 Å². The van der Waals surface area contributed by atoms with Gasteiger partial charge in [0.15, 0.2) is 0 Å². The molecule has 0 aliphatic heterocycles. The highest BCUT2D eigenvalue weighted by atomic mass is 16.3. The molecule has 0 heterocycles. The van der Waals surface area contributed by atoms with Crippen LogP contribution in [0.2, 0.25) is 0 Å². The van der Waals surface area contributed by atoms with E-state index in [0.717, 1.165) is 13.1 Å². The van der Waals surface area contributed by atoms with Gasteiger partial charge in [-0.2, -0.15) is 0 Å². The Balaban J connectivity index is 2.57. The molecule has 0 aliphatic rings. The molecule has 2 heteroatoms. The Labute approximate surface area is 111 Å². The van der Waals surface area contributed by atoms with Crippen molar-refractivity contribution in [3.8, 4) is 0 Å². The molecule has 2 N–H and O–H groups in total. The van der Waals surface area contributed by atoms with Crippen LogP contribution >= 0.6 is 0 Å². The molecular formula is C16H27NO. The maximum absolute atomic E-state index is 9.23. The first-order valence-electron chi connectivity index (χ1n) is 6.66. The molecule has 0 spiro atoms. The van der Waals surface area contributed by atoms with E-state index in [0.29, 0.717) is 0 Å². The number of aliphatic hydroxyl groups excluding tert-OH is 1. The average Bonchev–Trinajstić information content (AvgIpc) is 2.29. The molecule has 0 fully saturated rings. The van der Waals surface area contributed by atoms with Crippen LogP contribution < -0.4 is 5.32 Å². The van der Waals surface area contributed by atoms with E-state index < -0.39 is 0 Å². The molecular weight excluding hydrogens is 222 g/mol. The Hall–Kier alpha value is -0.860. The van der Waals surface area contributed by atoms with Gasteiger partial charge < -0.3 is 10.4 Å². The summed E-state index contributed by atoms with van der Waals surface area (Å²) < 4.78 is 0. The van der Waals surface area contributed by atoms with Crippen molar-refractivity contribution in [3.63, 3.8) is 0 Å². The first kappa shape index (κ1) is 15.2. The highest BCUT2D eigenvalue weighted by Gasteiger charge is 2.22. The van der Waals surface area contributed by atoms with Crippen LogP contribution in [0.3, 0.4) is 0 Å². The van der Waals surface area contributed by atoms with E-state index in [1.54, 1.807) is 0 Å². The summed E-state index contributed by atoms with van der Waals surface area (Å²) in [7, 11) is 0. The third-order valence-electron chi connectivity index (χ3n) is 3.43. The maximum Gasteiger partial charge on any atom is 0.0494 e. The van der Waals surface area contributed by atoms with Crippen LogP contribution in [0.25, 0.3) is 0 Å². The molecule has 0 amide bonds. The Morgan fingerprint density at radius 3 is 2.06 bits per heavy atom. The molecule has 0 saturated heterocycles. The topological polar surface area (TPSA) is 32.3 Å². The van der Waals surface area contributed by atoms with Gasteiger partial charge in [-0.15, -0.1) is 0 Å². The van der Waals surface area contributed by atoms with Gasteiger partial charge in [0.25, 0.3) is 0 Å². The SMILES string of the molecule is Cc1ccc(C(C)(C)CNCC(C)(C)CO)cc1. The molecule has 1 rings (SSSR count). The van der Waals surface area contributed by atoms with Crippen molar-refractivity contribution in [3.05, 3.63) is 35.4 Å². The molecule has 1 aromatic carbocycles. The van der Waals surface area contributed by atoms with Crippen LogP contribution in [-0.2, 0) is 5.41 Å². The van der Waals surface area contributed by atoms with E-state index in [4.69, 9.17) is 0 Å². The van der Waals surface area contributed by atoms with Crippen molar-refractivity contribution < 1.29 is 5.11 Å². The molecule has 102 valence electrons. The summed E-state index contributed by atoms with van der Waals surface area (Å²) in [6.45, 7) is 12.7. The summed E-state index contributed by atoms with van der Waals surface area (Å²) >= 11 is 0. The van der Waals surface area contributed by atoms with Crippen molar-refractivity contribution in [1.29, 1.82) is 0 Å². The van der Waals surface area contributed by atoms with Crippen molar-refractivity contribution in [1.82, 2.24) is 5.32 Å². The second-order valence-corrected chi connectivity index (χ2v) is 6.68. The molecule has 0 bridgehead atoms. The third-order valence-corrected chi connectivity index (χ3v) is 3.43. The Bertz CT molecular complexity index is 365. The maximum atomic E-state index is 9.23. The lowest BCUT2D eigenvalue weighted by atomic mass is 9.84. The lowest BCUT2D eigenvalue weighted by Crippen LogP contribution is -2.39. The lowest BCUT2D eigenvalue weighted by Gasteiger charge is -2.29. The number of rotatable bonds is 6. The zero-order valence-electron chi connectivity index (χ0n) is 12.4. The minimum atomic E-state index is -0.0522. The number of benzene rings is 1. The van der Waals surface area contributed by atoms with E-state index in [2.05, 4.69) is 64.2 Å². The predicted octanol–water partition coefficient (Wildman–Crippen LogP) is 2.88. The molecule has 1 aromatic rings. The Morgan fingerprint density at radius 2 is 1.56 bits per heavy atom. The lowest BCUT2D eigenvalue weighted by molar-refractivity contribution is 0.155. The van der Waals surface area contributed by atoms with E-state index in [1.807, 2.05) is 0 Å². The van der Waals surface area contributed by atoms with Gasteiger partial charge in [0, 0.05) is 30.5 Å². The van der Waals surface area contributed by atoms with E-state index in [1.165, 1.54) is 11.1 Å². The monoisotopic (exact) mass is 249 g/mol. The highest BCUT2D eigenvalue weighted by Crippen LogP contribution is 2.23. The molecule has 0 atom stereocenters. The number of aliphatic hydroxyl groups is 1. The first-order chi connectivity index (χ1) is 8.27. The molecule has 2 nitrogen and oxygen atoms in total. The molecule has 0 unspecified atom stereocenters. The van der Waals surface area contributed by atoms with Crippen molar-refractivity contribution >= 4 is 0 Å². The smallest absolute Gasteiger partial charge is 0.0494 e. The van der Waals surface area contributed by atoms with Gasteiger partial charge >= 0.3 is 0 Å². The fourth-order valence-electron chi connectivity index (χ4n) is 1.88. The van der Waals surface area contributed by atoms with Crippen LogP contribution in [-0.4, -0.2) is 24.8 Å². The van der Waals surface area contributed by atoms with Crippen LogP contribution in [0.5, 0.6) is 0 Å². The number of hydrogen-bond acceptors (Lipinski definition) is 2. The molecule has 0 saturated carbocycles. The summed E-state index contributed by atoms with van der Waals surface area (Å²) in [5, 5.41) is 12.7. The highest BCUT2D eigenvalue weighted by molar-refractivity contribution is 5.27. The number of nitrogens with one attached hydrogen (secondary N) is 1. The largest absolute Gasteiger partial charge is 0.396 e. The van der Waals surface area contributed by atoms with Gasteiger partial charge in [0.1, 0.15) is 0 Å². The van der Waals surface area contributed by atoms with Crippen LogP contribution in [0.4, 0.5) is 0 Å². The molecule has 0 radical (unpaired) electrons. The molecule has 18 heavy (non-hydrogen) atoms. The second-order valence-electron chi connectivity index (χ2n) is 6.68. The van der Waals surface area contributed by atoms with Crippen LogP contribution in [0.1, 0.15) is 38.8 Å². The van der Waals surface area contributed by atoms with Crippen LogP contribution in [0, 0.1) is 12.3 Å². The fourth-order valence-corrected chi connectivity index (χ4v) is 1.88. The minimum Gasteiger partial charge on any atom is -0.396 e. The van der Waals surface area contributed by atoms with Crippen molar-refractivity contribution in [2.24, 2.45) is 5.41 Å². The normalized spacial score (nSPS) is 12.8. The van der Waals surface area contributed by atoms with Gasteiger partial charge in [-0.3, -0.25) is 0 Å². The standard InChI is InChI=1S/C16H27NO/c1-13-6-8-14(9-7-13)16(4,5)11-17-10-15(2,3)12-18/h6-9,17-18H,10-12H2,1-5H3. The first-order valence-corrected chi connectivity index (χ1v) is 6.66. The van der Waals surface area contributed by atoms with Gasteiger partial charge in [0.05, 0.1) is 0 Å². The third kappa shape index (κ3) is 4.43. The average molecular weight is 249 g/mol. The van der Waals surface area contributed by atoms with E-state index >= 15 is 0 Å². The second kappa shape index (κ2) is 5.85. The molecule has 0 aliphatic carbocycles. The quantitative estimate of drug-likeness (QED) is 0.812. The predicted molar refractivity (Wildman–Crippen MR) is 77.9 cm³/mol. The van der Waals surface area contributed by atoms with E-state index in [-0.39, 0.29) is 17.4 Å². The summed E-state index contributed by atoms with van der Waals surface area (Å²) in [6.07, 6.45) is 0. The number of aryl methyl sites for hydroxylation is 1. The van der Waals surface area contributed by atoms with Gasteiger partial charge in [-0.05, 0) is 12.5 Å². The van der Waals surface area contributed by atoms with Crippen LogP contribution in [0.15, 0.2) is 24.3 Å².